The molecule has 0 saturated carbocycles. The number of hydrogen-bond acceptors (Lipinski definition) is 4. The van der Waals surface area contributed by atoms with Gasteiger partial charge >= 0.3 is 0 Å². The number of aromatic amines is 2. The number of benzene rings is 2. The van der Waals surface area contributed by atoms with Gasteiger partial charge in [-0.25, -0.2) is 13.8 Å². The van der Waals surface area contributed by atoms with Crippen molar-refractivity contribution >= 4 is 27.6 Å². The van der Waals surface area contributed by atoms with Gasteiger partial charge in [0, 0.05) is 24.8 Å². The van der Waals surface area contributed by atoms with Crippen molar-refractivity contribution < 1.29 is 8.78 Å². The molecule has 2 aromatic heterocycles. The summed E-state index contributed by atoms with van der Waals surface area (Å²) in [5.74, 6) is -0.848. The zero-order valence-corrected chi connectivity index (χ0v) is 16.3. The van der Waals surface area contributed by atoms with Crippen LogP contribution in [0.1, 0.15) is 12.8 Å². The summed E-state index contributed by atoms with van der Waals surface area (Å²) in [6.07, 6.45) is 2.27. The number of rotatable bonds is 3. The van der Waals surface area contributed by atoms with Crippen LogP contribution in [0.2, 0.25) is 0 Å². The Bertz CT molecular complexity index is 1190. The molecule has 1 aliphatic rings. The third-order valence-electron chi connectivity index (χ3n) is 5.91. The Labute approximate surface area is 166 Å². The second kappa shape index (κ2) is 6.81. The van der Waals surface area contributed by atoms with E-state index in [9.17, 15) is 8.78 Å². The third-order valence-corrected chi connectivity index (χ3v) is 5.91. The minimum atomic E-state index is -0.660. The molecule has 0 aliphatic carbocycles. The Hall–Kier alpha value is -3.00. The topological polar surface area (TPSA) is 63.8 Å². The smallest absolute Gasteiger partial charge is 0.159 e. The zero-order valence-electron chi connectivity index (χ0n) is 16.3. The Morgan fingerprint density at radius 3 is 2.69 bits per heavy atom. The molecule has 5 rings (SSSR count). The first-order valence-corrected chi connectivity index (χ1v) is 9.74. The maximum Gasteiger partial charge on any atom is 0.159 e. The molecule has 4 aromatic rings. The fourth-order valence-corrected chi connectivity index (χ4v) is 4.17. The first kappa shape index (κ1) is 18.1. The van der Waals surface area contributed by atoms with Crippen LogP contribution in [0, 0.1) is 11.6 Å². The van der Waals surface area contributed by atoms with Crippen LogP contribution in [0.15, 0.2) is 30.3 Å². The summed E-state index contributed by atoms with van der Waals surface area (Å²) in [4.78, 5) is 12.5. The minimum Gasteiger partial charge on any atom is -0.371 e. The summed E-state index contributed by atoms with van der Waals surface area (Å²) in [6.45, 7) is 2.20. The summed E-state index contributed by atoms with van der Waals surface area (Å²) in [6, 6.07) is 8.68. The number of aromatic nitrogens is 4. The molecule has 2 N–H and O–H groups in total. The predicted octanol–water partition coefficient (Wildman–Crippen LogP) is 3.91. The third kappa shape index (κ3) is 3.13. The minimum absolute atomic E-state index is 0.231. The van der Waals surface area contributed by atoms with E-state index >= 15 is 0 Å². The van der Waals surface area contributed by atoms with Gasteiger partial charge in [0.25, 0.3) is 0 Å². The molecule has 0 amide bonds. The van der Waals surface area contributed by atoms with Crippen LogP contribution in [0.4, 0.5) is 14.5 Å². The van der Waals surface area contributed by atoms with Gasteiger partial charge in [-0.05, 0) is 57.2 Å². The van der Waals surface area contributed by atoms with E-state index in [2.05, 4.69) is 56.2 Å². The quantitative estimate of drug-likeness (QED) is 0.551. The average Bonchev–Trinajstić information content (AvgIpc) is 3.31. The van der Waals surface area contributed by atoms with Gasteiger partial charge in [0.1, 0.15) is 17.3 Å². The van der Waals surface area contributed by atoms with Gasteiger partial charge in [0.15, 0.2) is 5.82 Å². The Balaban J connectivity index is 1.50. The number of nitrogens with one attached hydrogen (secondary N) is 2. The van der Waals surface area contributed by atoms with Crippen molar-refractivity contribution in [2.24, 2.45) is 0 Å². The number of likely N-dealkylation sites (tertiary alicyclic amines) is 1. The Kier molecular flexibility index (Phi) is 4.24. The number of H-pyrrole nitrogens is 2. The first-order valence-electron chi connectivity index (χ1n) is 9.74. The number of halogens is 2. The van der Waals surface area contributed by atoms with Crippen LogP contribution in [-0.4, -0.2) is 58.3 Å². The van der Waals surface area contributed by atoms with Crippen LogP contribution in [-0.2, 0) is 0 Å². The van der Waals surface area contributed by atoms with Crippen LogP contribution >= 0.6 is 0 Å². The lowest BCUT2D eigenvalue weighted by Gasteiger charge is -2.36. The largest absolute Gasteiger partial charge is 0.371 e. The molecule has 2 aromatic carbocycles. The van der Waals surface area contributed by atoms with E-state index < -0.39 is 11.6 Å². The van der Waals surface area contributed by atoms with Crippen LogP contribution in [0.25, 0.3) is 33.5 Å². The summed E-state index contributed by atoms with van der Waals surface area (Å²) in [5, 5.41) is 7.08. The molecule has 1 fully saturated rings. The highest BCUT2D eigenvalue weighted by Crippen LogP contribution is 2.30. The van der Waals surface area contributed by atoms with Crippen molar-refractivity contribution in [1.82, 2.24) is 25.1 Å². The molecule has 0 bridgehead atoms. The Morgan fingerprint density at radius 1 is 1.10 bits per heavy atom. The molecule has 0 unspecified atom stereocenters. The van der Waals surface area contributed by atoms with Gasteiger partial charge in [0.05, 0.1) is 21.9 Å². The normalized spacial score (nSPS) is 16.1. The molecular weight excluding hydrogens is 374 g/mol. The average molecular weight is 396 g/mol. The van der Waals surface area contributed by atoms with E-state index in [1.54, 1.807) is 0 Å². The molecule has 0 spiro atoms. The lowest BCUT2D eigenvalue weighted by atomic mass is 10.0. The number of imidazole rings is 1. The fraction of sp³-hybridized carbons (Fsp3) is 0.333. The molecule has 3 heterocycles. The van der Waals surface area contributed by atoms with Crippen LogP contribution in [0.5, 0.6) is 0 Å². The van der Waals surface area contributed by atoms with Crippen LogP contribution in [0.3, 0.4) is 0 Å². The maximum absolute atomic E-state index is 14.3. The molecule has 150 valence electrons. The van der Waals surface area contributed by atoms with Crippen molar-refractivity contribution in [3.63, 3.8) is 0 Å². The van der Waals surface area contributed by atoms with E-state index in [0.717, 1.165) is 48.7 Å². The lowest BCUT2D eigenvalue weighted by Crippen LogP contribution is -2.41. The molecule has 29 heavy (non-hydrogen) atoms. The first-order chi connectivity index (χ1) is 14.0. The standard InChI is InChI=1S/C21H22F2N6/c1-28-7-5-13(6-8-28)29(2)14-3-4-16-17(11-14)25-21(24-16)20-19-15(23)9-12(22)10-18(19)26-27-20/h3-4,9-11,13H,5-8H2,1-2H3,(H,24,25)(H,26,27). The molecule has 1 aliphatic heterocycles. The molecular formula is C21H22F2N6. The summed E-state index contributed by atoms with van der Waals surface area (Å²) in [7, 11) is 4.28. The SMILES string of the molecule is CN1CCC(N(C)c2ccc3nc(-c4n[nH]c5cc(F)cc(F)c45)[nH]c3c2)CC1. The predicted molar refractivity (Wildman–Crippen MR) is 110 cm³/mol. The van der Waals surface area contributed by atoms with E-state index in [-0.39, 0.29) is 5.39 Å². The van der Waals surface area contributed by atoms with E-state index in [1.165, 1.54) is 6.07 Å². The highest BCUT2D eigenvalue weighted by Gasteiger charge is 2.22. The number of hydrogen-bond donors (Lipinski definition) is 2. The maximum atomic E-state index is 14.3. The number of anilines is 1. The molecule has 6 nitrogen and oxygen atoms in total. The number of piperidine rings is 1. The van der Waals surface area contributed by atoms with E-state index in [4.69, 9.17) is 0 Å². The highest BCUT2D eigenvalue weighted by molar-refractivity contribution is 5.93. The van der Waals surface area contributed by atoms with Crippen molar-refractivity contribution in [3.8, 4) is 11.5 Å². The van der Waals surface area contributed by atoms with Crippen molar-refractivity contribution in [2.75, 3.05) is 32.1 Å². The number of nitrogens with zero attached hydrogens (tertiary/aromatic N) is 4. The second-order valence-electron chi connectivity index (χ2n) is 7.81. The molecule has 8 heteroatoms. The molecule has 0 atom stereocenters. The van der Waals surface area contributed by atoms with Crippen molar-refractivity contribution in [2.45, 2.75) is 18.9 Å². The van der Waals surface area contributed by atoms with E-state index in [0.29, 0.717) is 23.1 Å². The van der Waals surface area contributed by atoms with Crippen LogP contribution < -0.4 is 4.90 Å². The Morgan fingerprint density at radius 2 is 1.90 bits per heavy atom. The highest BCUT2D eigenvalue weighted by atomic mass is 19.1. The lowest BCUT2D eigenvalue weighted by molar-refractivity contribution is 0.253. The van der Waals surface area contributed by atoms with Crippen molar-refractivity contribution in [1.29, 1.82) is 0 Å². The van der Waals surface area contributed by atoms with Gasteiger partial charge in [-0.3, -0.25) is 5.10 Å². The second-order valence-corrected chi connectivity index (χ2v) is 7.81. The van der Waals surface area contributed by atoms with E-state index in [1.807, 2.05) is 6.07 Å². The van der Waals surface area contributed by atoms with Gasteiger partial charge < -0.3 is 14.8 Å². The van der Waals surface area contributed by atoms with Gasteiger partial charge in [-0.2, -0.15) is 5.10 Å². The fourth-order valence-electron chi connectivity index (χ4n) is 4.17. The summed E-state index contributed by atoms with van der Waals surface area (Å²) >= 11 is 0. The van der Waals surface area contributed by atoms with Crippen molar-refractivity contribution in [3.05, 3.63) is 42.0 Å². The summed E-state index contributed by atoms with van der Waals surface area (Å²) in [5.41, 5.74) is 3.40. The molecule has 1 saturated heterocycles. The zero-order chi connectivity index (χ0) is 20.1. The van der Waals surface area contributed by atoms with Gasteiger partial charge in [-0.15, -0.1) is 0 Å². The monoisotopic (exact) mass is 396 g/mol. The summed E-state index contributed by atoms with van der Waals surface area (Å²) < 4.78 is 27.8. The molecule has 0 radical (unpaired) electrons. The number of fused-ring (bicyclic) bond motifs is 2. The van der Waals surface area contributed by atoms with Gasteiger partial charge in [0.2, 0.25) is 0 Å². The van der Waals surface area contributed by atoms with Gasteiger partial charge in [-0.1, -0.05) is 0 Å².